The van der Waals surface area contributed by atoms with Gasteiger partial charge in [0.15, 0.2) is 0 Å². The number of likely N-dealkylation sites (tertiary alicyclic amines) is 1. The van der Waals surface area contributed by atoms with E-state index in [1.165, 1.54) is 0 Å². The molecule has 0 aromatic carbocycles. The summed E-state index contributed by atoms with van der Waals surface area (Å²) in [5.41, 5.74) is 0. The fourth-order valence-corrected chi connectivity index (χ4v) is 2.43. The summed E-state index contributed by atoms with van der Waals surface area (Å²) in [6.45, 7) is 4.81. The molecule has 0 saturated carbocycles. The number of carbonyl (C=O) groups excluding carboxylic acids is 1. The number of hydrogen-bond donors (Lipinski definition) is 0. The van der Waals surface area contributed by atoms with E-state index in [0.29, 0.717) is 17.9 Å². The molecule has 3 nitrogen and oxygen atoms in total. The van der Waals surface area contributed by atoms with Gasteiger partial charge in [-0.25, -0.2) is 0 Å². The molecular weight excluding hydrogens is 178 g/mol. The monoisotopic (exact) mass is 197 g/mol. The van der Waals surface area contributed by atoms with Crippen LogP contribution in [-0.2, 0) is 9.53 Å². The van der Waals surface area contributed by atoms with Gasteiger partial charge in [-0.3, -0.25) is 4.79 Å². The van der Waals surface area contributed by atoms with Crippen molar-refractivity contribution < 1.29 is 9.53 Å². The Morgan fingerprint density at radius 2 is 2.14 bits per heavy atom. The van der Waals surface area contributed by atoms with Crippen molar-refractivity contribution >= 4 is 5.91 Å². The number of amides is 1. The number of ether oxygens (including phenoxy) is 1. The number of hydrogen-bond acceptors (Lipinski definition) is 2. The second-order valence-electron chi connectivity index (χ2n) is 4.37. The average molecular weight is 197 g/mol. The van der Waals surface area contributed by atoms with Gasteiger partial charge in [0, 0.05) is 32.2 Å². The maximum absolute atomic E-state index is 11.7. The van der Waals surface area contributed by atoms with E-state index < -0.39 is 0 Å². The van der Waals surface area contributed by atoms with Crippen LogP contribution in [0.25, 0.3) is 0 Å². The van der Waals surface area contributed by atoms with Crippen LogP contribution >= 0.6 is 0 Å². The smallest absolute Gasteiger partial charge is 0.223 e. The van der Waals surface area contributed by atoms with Crippen molar-refractivity contribution in [3.05, 3.63) is 0 Å². The van der Waals surface area contributed by atoms with Crippen LogP contribution < -0.4 is 0 Å². The van der Waals surface area contributed by atoms with Gasteiger partial charge in [-0.15, -0.1) is 0 Å². The minimum atomic E-state index is 0.365. The zero-order valence-electron chi connectivity index (χ0n) is 8.87. The first-order valence-electron chi connectivity index (χ1n) is 5.68. The number of nitrogens with zero attached hydrogens (tertiary/aromatic N) is 1. The van der Waals surface area contributed by atoms with Crippen molar-refractivity contribution in [2.24, 2.45) is 5.92 Å². The van der Waals surface area contributed by atoms with Crippen molar-refractivity contribution in [1.29, 1.82) is 0 Å². The quantitative estimate of drug-likeness (QED) is 0.670. The van der Waals surface area contributed by atoms with Crippen LogP contribution in [0, 0.1) is 5.92 Å². The van der Waals surface area contributed by atoms with Crippen LogP contribution in [0.2, 0.25) is 0 Å². The van der Waals surface area contributed by atoms with Crippen molar-refractivity contribution in [3.8, 4) is 0 Å². The summed E-state index contributed by atoms with van der Waals surface area (Å²) < 4.78 is 5.31. The van der Waals surface area contributed by atoms with Gasteiger partial charge < -0.3 is 9.64 Å². The van der Waals surface area contributed by atoms with Crippen molar-refractivity contribution in [2.75, 3.05) is 19.8 Å². The van der Waals surface area contributed by atoms with Gasteiger partial charge in [0.05, 0.1) is 0 Å². The summed E-state index contributed by atoms with van der Waals surface area (Å²) in [6.07, 6.45) is 3.96. The summed E-state index contributed by atoms with van der Waals surface area (Å²) in [7, 11) is 0. The van der Waals surface area contributed by atoms with Crippen molar-refractivity contribution in [1.82, 2.24) is 4.90 Å². The Balaban J connectivity index is 1.93. The van der Waals surface area contributed by atoms with Crippen molar-refractivity contribution in [3.63, 3.8) is 0 Å². The molecule has 1 amide bonds. The Morgan fingerprint density at radius 1 is 1.43 bits per heavy atom. The lowest BCUT2D eigenvalue weighted by molar-refractivity contribution is -0.131. The molecule has 2 rings (SSSR count). The summed E-state index contributed by atoms with van der Waals surface area (Å²) in [5, 5.41) is 0. The van der Waals surface area contributed by atoms with Crippen LogP contribution in [0.1, 0.15) is 32.6 Å². The van der Waals surface area contributed by atoms with Gasteiger partial charge in [-0.2, -0.15) is 0 Å². The molecule has 0 aromatic rings. The SMILES string of the molecule is CC[C@@H]1CC(=O)N(C2CCOCC2)C1. The van der Waals surface area contributed by atoms with E-state index >= 15 is 0 Å². The molecule has 14 heavy (non-hydrogen) atoms. The molecule has 0 N–H and O–H groups in total. The maximum atomic E-state index is 11.7. The van der Waals surface area contributed by atoms with Gasteiger partial charge in [0.25, 0.3) is 0 Å². The van der Waals surface area contributed by atoms with Gasteiger partial charge in [0.1, 0.15) is 0 Å². The molecule has 2 fully saturated rings. The molecule has 2 aliphatic rings. The van der Waals surface area contributed by atoms with Crippen LogP contribution in [0.15, 0.2) is 0 Å². The van der Waals surface area contributed by atoms with E-state index in [1.54, 1.807) is 0 Å². The molecule has 2 heterocycles. The number of rotatable bonds is 2. The Kier molecular flexibility index (Phi) is 3.06. The molecule has 0 spiro atoms. The summed E-state index contributed by atoms with van der Waals surface area (Å²) in [4.78, 5) is 13.8. The van der Waals surface area contributed by atoms with Crippen LogP contribution in [0.5, 0.6) is 0 Å². The zero-order valence-corrected chi connectivity index (χ0v) is 8.87. The van der Waals surface area contributed by atoms with E-state index in [0.717, 1.165) is 45.4 Å². The Labute approximate surface area is 85.4 Å². The second kappa shape index (κ2) is 4.30. The lowest BCUT2D eigenvalue weighted by atomic mass is 10.1. The molecule has 2 saturated heterocycles. The highest BCUT2D eigenvalue weighted by Crippen LogP contribution is 2.26. The predicted octanol–water partition coefficient (Wildman–Crippen LogP) is 1.42. The molecule has 0 radical (unpaired) electrons. The Hall–Kier alpha value is -0.570. The van der Waals surface area contributed by atoms with Crippen LogP contribution in [-0.4, -0.2) is 36.6 Å². The molecule has 3 heteroatoms. The Morgan fingerprint density at radius 3 is 2.71 bits per heavy atom. The van der Waals surface area contributed by atoms with E-state index in [-0.39, 0.29) is 0 Å². The number of carbonyl (C=O) groups is 1. The van der Waals surface area contributed by atoms with E-state index in [2.05, 4.69) is 11.8 Å². The third kappa shape index (κ3) is 1.92. The lowest BCUT2D eigenvalue weighted by Crippen LogP contribution is -2.40. The minimum Gasteiger partial charge on any atom is -0.381 e. The summed E-state index contributed by atoms with van der Waals surface area (Å²) in [6, 6.07) is 0.466. The van der Waals surface area contributed by atoms with E-state index in [9.17, 15) is 4.79 Å². The molecule has 80 valence electrons. The molecule has 0 aromatic heterocycles. The first kappa shape index (κ1) is 9.97. The highest BCUT2D eigenvalue weighted by atomic mass is 16.5. The molecule has 0 bridgehead atoms. The molecule has 0 aliphatic carbocycles. The van der Waals surface area contributed by atoms with E-state index in [4.69, 9.17) is 4.74 Å². The first-order valence-corrected chi connectivity index (χ1v) is 5.68. The van der Waals surface area contributed by atoms with Gasteiger partial charge in [-0.05, 0) is 18.8 Å². The van der Waals surface area contributed by atoms with Gasteiger partial charge >= 0.3 is 0 Å². The molecule has 2 aliphatic heterocycles. The topological polar surface area (TPSA) is 29.5 Å². The zero-order chi connectivity index (χ0) is 9.97. The first-order chi connectivity index (χ1) is 6.81. The fraction of sp³-hybridized carbons (Fsp3) is 0.909. The van der Waals surface area contributed by atoms with Crippen LogP contribution in [0.4, 0.5) is 0 Å². The Bertz CT molecular complexity index is 211. The highest BCUT2D eigenvalue weighted by Gasteiger charge is 2.33. The third-order valence-corrected chi connectivity index (χ3v) is 3.45. The summed E-state index contributed by atoms with van der Waals surface area (Å²) in [5.74, 6) is 0.967. The predicted molar refractivity (Wildman–Crippen MR) is 54.0 cm³/mol. The summed E-state index contributed by atoms with van der Waals surface area (Å²) >= 11 is 0. The fourth-order valence-electron chi connectivity index (χ4n) is 2.43. The normalized spacial score (nSPS) is 29.9. The second-order valence-corrected chi connectivity index (χ2v) is 4.37. The molecule has 1 atom stereocenters. The maximum Gasteiger partial charge on any atom is 0.223 e. The third-order valence-electron chi connectivity index (χ3n) is 3.45. The van der Waals surface area contributed by atoms with Gasteiger partial charge in [0.2, 0.25) is 5.91 Å². The minimum absolute atomic E-state index is 0.365. The van der Waals surface area contributed by atoms with Crippen LogP contribution in [0.3, 0.4) is 0 Å². The van der Waals surface area contributed by atoms with Crippen molar-refractivity contribution in [2.45, 2.75) is 38.6 Å². The highest BCUT2D eigenvalue weighted by molar-refractivity contribution is 5.79. The average Bonchev–Trinajstić information content (AvgIpc) is 2.61. The standard InChI is InChI=1S/C11H19NO2/c1-2-9-7-11(13)12(8-9)10-3-5-14-6-4-10/h9-10H,2-8H2,1H3/t9-/m1/s1. The molecule has 0 unspecified atom stereocenters. The lowest BCUT2D eigenvalue weighted by Gasteiger charge is -2.31. The molecular formula is C11H19NO2. The largest absolute Gasteiger partial charge is 0.381 e. The van der Waals surface area contributed by atoms with E-state index in [1.807, 2.05) is 0 Å². The van der Waals surface area contributed by atoms with Gasteiger partial charge in [-0.1, -0.05) is 13.3 Å².